The molecule has 0 N–H and O–H groups in total. The van der Waals surface area contributed by atoms with Crippen LogP contribution in [-0.4, -0.2) is 27.3 Å². The van der Waals surface area contributed by atoms with Gasteiger partial charge in [-0.2, -0.15) is 5.26 Å². The Morgan fingerprint density at radius 1 is 1.12 bits per heavy atom. The Morgan fingerprint density at radius 2 is 1.85 bits per heavy atom. The number of nitrogens with zero attached hydrogens (tertiary/aromatic N) is 2. The molecule has 0 saturated carbocycles. The van der Waals surface area contributed by atoms with E-state index in [1.54, 1.807) is 14.2 Å². The Morgan fingerprint density at radius 3 is 2.46 bits per heavy atom. The minimum Gasteiger partial charge on any atom is -0.496 e. The van der Waals surface area contributed by atoms with Crippen molar-refractivity contribution in [1.29, 1.82) is 5.26 Å². The number of ether oxygens (including phenoxy) is 2. The van der Waals surface area contributed by atoms with Crippen molar-refractivity contribution < 1.29 is 9.47 Å². The summed E-state index contributed by atoms with van der Waals surface area (Å²) in [6, 6.07) is 13.9. The lowest BCUT2D eigenvalue weighted by atomic mass is 10.0. The first kappa shape index (κ1) is 18.3. The molecule has 134 valence electrons. The summed E-state index contributed by atoms with van der Waals surface area (Å²) in [6.45, 7) is 2.05. The summed E-state index contributed by atoms with van der Waals surface area (Å²) in [6.07, 6.45) is 4.22. The molecule has 0 aromatic heterocycles. The highest BCUT2D eigenvalue weighted by molar-refractivity contribution is 9.10. The molecular weight excluding hydrogens is 392 g/mol. The van der Waals surface area contributed by atoms with Crippen LogP contribution in [0, 0.1) is 11.3 Å². The van der Waals surface area contributed by atoms with Crippen molar-refractivity contribution in [1.82, 2.24) is 0 Å². The van der Waals surface area contributed by atoms with Gasteiger partial charge in [0.2, 0.25) is 0 Å². The van der Waals surface area contributed by atoms with E-state index in [9.17, 15) is 5.26 Å². The second-order valence-electron chi connectivity index (χ2n) is 6.14. The first-order chi connectivity index (χ1) is 12.7. The van der Waals surface area contributed by atoms with Crippen LogP contribution in [0.1, 0.15) is 24.0 Å². The highest BCUT2D eigenvalue weighted by Crippen LogP contribution is 2.38. The van der Waals surface area contributed by atoms with Gasteiger partial charge in [-0.3, -0.25) is 0 Å². The summed E-state index contributed by atoms with van der Waals surface area (Å²) < 4.78 is 12.2. The highest BCUT2D eigenvalue weighted by Gasteiger charge is 2.19. The van der Waals surface area contributed by atoms with Crippen LogP contribution >= 0.6 is 15.9 Å². The van der Waals surface area contributed by atoms with Gasteiger partial charge < -0.3 is 14.4 Å². The van der Waals surface area contributed by atoms with Crippen molar-refractivity contribution in [2.24, 2.45) is 0 Å². The van der Waals surface area contributed by atoms with Crippen LogP contribution in [0.2, 0.25) is 0 Å². The number of halogens is 1. The first-order valence-electron chi connectivity index (χ1n) is 8.55. The summed E-state index contributed by atoms with van der Waals surface area (Å²) in [7, 11) is 3.33. The van der Waals surface area contributed by atoms with E-state index in [1.165, 1.54) is 12.8 Å². The molecule has 26 heavy (non-hydrogen) atoms. The lowest BCUT2D eigenvalue weighted by Crippen LogP contribution is -2.18. The van der Waals surface area contributed by atoms with Crippen LogP contribution in [0.25, 0.3) is 11.6 Å². The van der Waals surface area contributed by atoms with Crippen LogP contribution < -0.4 is 14.4 Å². The average molecular weight is 413 g/mol. The van der Waals surface area contributed by atoms with Crippen molar-refractivity contribution in [3.8, 4) is 17.6 Å². The number of anilines is 1. The summed E-state index contributed by atoms with van der Waals surface area (Å²) in [5, 5.41) is 9.64. The van der Waals surface area contributed by atoms with E-state index in [0.717, 1.165) is 45.9 Å². The van der Waals surface area contributed by atoms with E-state index < -0.39 is 0 Å². The fourth-order valence-corrected chi connectivity index (χ4v) is 3.61. The van der Waals surface area contributed by atoms with Gasteiger partial charge in [-0.05, 0) is 42.7 Å². The van der Waals surface area contributed by atoms with Gasteiger partial charge in [-0.15, -0.1) is 0 Å². The highest BCUT2D eigenvalue weighted by atomic mass is 79.9. The van der Waals surface area contributed by atoms with Crippen LogP contribution in [0.4, 0.5) is 5.69 Å². The third kappa shape index (κ3) is 3.86. The Hall–Kier alpha value is -2.45. The Bertz CT molecular complexity index is 865. The molecule has 0 atom stereocenters. The number of benzene rings is 2. The second kappa shape index (κ2) is 8.29. The van der Waals surface area contributed by atoms with E-state index in [4.69, 9.17) is 9.47 Å². The van der Waals surface area contributed by atoms with Crippen molar-refractivity contribution >= 4 is 33.3 Å². The number of hydrogen-bond acceptors (Lipinski definition) is 4. The van der Waals surface area contributed by atoms with Crippen LogP contribution in [0.5, 0.6) is 11.5 Å². The van der Waals surface area contributed by atoms with Crippen molar-refractivity contribution in [2.45, 2.75) is 12.8 Å². The molecule has 4 nitrogen and oxygen atoms in total. The molecule has 0 radical (unpaired) electrons. The fraction of sp³-hybridized carbons (Fsp3) is 0.286. The molecule has 5 heteroatoms. The molecule has 0 unspecified atom stereocenters. The molecule has 0 bridgehead atoms. The lowest BCUT2D eigenvalue weighted by molar-refractivity contribution is 0.402. The maximum absolute atomic E-state index is 9.64. The fourth-order valence-electron chi connectivity index (χ4n) is 3.21. The third-order valence-electron chi connectivity index (χ3n) is 4.53. The predicted molar refractivity (Wildman–Crippen MR) is 109 cm³/mol. The molecule has 1 fully saturated rings. The second-order valence-corrected chi connectivity index (χ2v) is 7.06. The number of hydrogen-bond donors (Lipinski definition) is 0. The van der Waals surface area contributed by atoms with Crippen molar-refractivity contribution in [2.75, 3.05) is 32.2 Å². The first-order valence-corrected chi connectivity index (χ1v) is 9.34. The Balaban J connectivity index is 2.07. The maximum Gasteiger partial charge on any atom is 0.143 e. The molecular formula is C21H21BrN2O2. The molecule has 1 saturated heterocycles. The van der Waals surface area contributed by atoms with Gasteiger partial charge >= 0.3 is 0 Å². The molecule has 2 aromatic carbocycles. The molecule has 0 amide bonds. The van der Waals surface area contributed by atoms with E-state index in [-0.39, 0.29) is 0 Å². The number of allylic oxidation sites excluding steroid dienone is 1. The van der Waals surface area contributed by atoms with Gasteiger partial charge in [0.05, 0.1) is 31.5 Å². The van der Waals surface area contributed by atoms with Gasteiger partial charge in [0, 0.05) is 29.2 Å². The average Bonchev–Trinajstić information content (AvgIpc) is 3.20. The van der Waals surface area contributed by atoms with Crippen LogP contribution in [0.15, 0.2) is 40.9 Å². The van der Waals surface area contributed by atoms with Gasteiger partial charge in [0.25, 0.3) is 0 Å². The van der Waals surface area contributed by atoms with Gasteiger partial charge in [-0.1, -0.05) is 28.1 Å². The number of rotatable bonds is 5. The van der Waals surface area contributed by atoms with E-state index in [2.05, 4.69) is 26.9 Å². The molecule has 1 heterocycles. The molecule has 0 aliphatic carbocycles. The van der Waals surface area contributed by atoms with Crippen molar-refractivity contribution in [3.05, 3.63) is 52.0 Å². The maximum atomic E-state index is 9.64. The quantitative estimate of drug-likeness (QED) is 0.504. The van der Waals surface area contributed by atoms with E-state index in [0.29, 0.717) is 5.57 Å². The smallest absolute Gasteiger partial charge is 0.143 e. The molecule has 3 rings (SSSR count). The van der Waals surface area contributed by atoms with E-state index in [1.807, 2.05) is 42.5 Å². The van der Waals surface area contributed by atoms with Gasteiger partial charge in [0.15, 0.2) is 0 Å². The number of nitriles is 1. The Kier molecular flexibility index (Phi) is 5.85. The predicted octanol–water partition coefficient (Wildman–Crippen LogP) is 5.13. The summed E-state index contributed by atoms with van der Waals surface area (Å²) in [4.78, 5) is 2.31. The largest absolute Gasteiger partial charge is 0.496 e. The van der Waals surface area contributed by atoms with Crippen LogP contribution in [0.3, 0.4) is 0 Å². The monoisotopic (exact) mass is 412 g/mol. The summed E-state index contributed by atoms with van der Waals surface area (Å²) in [5.41, 5.74) is 3.29. The lowest BCUT2D eigenvalue weighted by Gasteiger charge is -2.22. The third-order valence-corrected chi connectivity index (χ3v) is 5.03. The zero-order chi connectivity index (χ0) is 18.5. The van der Waals surface area contributed by atoms with E-state index >= 15 is 0 Å². The minimum atomic E-state index is 0.570. The molecule has 0 spiro atoms. The molecule has 1 aliphatic rings. The summed E-state index contributed by atoms with van der Waals surface area (Å²) >= 11 is 3.46. The number of methoxy groups -OCH3 is 2. The SMILES string of the molecule is COc1cc(N2CCCC2)c(OC)cc1/C=C(/C#N)c1cccc(Br)c1. The van der Waals surface area contributed by atoms with Crippen molar-refractivity contribution in [3.63, 3.8) is 0 Å². The van der Waals surface area contributed by atoms with Crippen LogP contribution in [-0.2, 0) is 0 Å². The normalized spacial score (nSPS) is 14.2. The molecule has 1 aliphatic heterocycles. The van der Waals surface area contributed by atoms with Gasteiger partial charge in [0.1, 0.15) is 11.5 Å². The zero-order valence-corrected chi connectivity index (χ0v) is 16.5. The Labute approximate surface area is 162 Å². The van der Waals surface area contributed by atoms with Gasteiger partial charge in [-0.25, -0.2) is 0 Å². The summed E-state index contributed by atoms with van der Waals surface area (Å²) in [5.74, 6) is 1.53. The molecule has 2 aromatic rings. The topological polar surface area (TPSA) is 45.5 Å². The zero-order valence-electron chi connectivity index (χ0n) is 15.0. The standard InChI is InChI=1S/C21H21BrN2O2/c1-25-20-13-19(24-8-3-4-9-24)21(26-2)12-16(20)10-17(14-23)15-6-5-7-18(22)11-15/h5-7,10-13H,3-4,8-9H2,1-2H3/b17-10-. The minimum absolute atomic E-state index is 0.570.